The van der Waals surface area contributed by atoms with Crippen LogP contribution < -0.4 is 4.90 Å². The first-order valence-corrected chi connectivity index (χ1v) is 10.6. The summed E-state index contributed by atoms with van der Waals surface area (Å²) in [5.74, 6) is -3.61. The Morgan fingerprint density at radius 3 is 2.37 bits per heavy atom. The van der Waals surface area contributed by atoms with E-state index in [-0.39, 0.29) is 5.69 Å². The van der Waals surface area contributed by atoms with E-state index in [9.17, 15) is 27.3 Å². The molecular weight excluding hydrogens is 380 g/mol. The van der Waals surface area contributed by atoms with Crippen LogP contribution >= 0.6 is 0 Å². The molecule has 0 saturated carbocycles. The third kappa shape index (κ3) is 3.91. The molecule has 2 fully saturated rings. The van der Waals surface area contributed by atoms with Crippen LogP contribution in [-0.2, 0) is 9.84 Å². The number of hydrogen-bond donors (Lipinski definition) is 0. The van der Waals surface area contributed by atoms with Gasteiger partial charge in [0.15, 0.2) is 0 Å². The predicted molar refractivity (Wildman–Crippen MR) is 96.9 cm³/mol. The number of nitro groups is 1. The van der Waals surface area contributed by atoms with Gasteiger partial charge in [0, 0.05) is 31.2 Å². The lowest BCUT2D eigenvalue weighted by Crippen LogP contribution is -2.46. The number of rotatable bonds is 5. The molecule has 0 radical (unpaired) electrons. The molecule has 1 unspecified atom stereocenters. The first-order valence-electron chi connectivity index (χ1n) is 9.03. The normalized spacial score (nSPS) is 22.5. The molecule has 1 aromatic carbocycles. The van der Waals surface area contributed by atoms with E-state index in [0.29, 0.717) is 25.2 Å². The lowest BCUT2D eigenvalue weighted by molar-refractivity contribution is -0.384. The zero-order valence-electron chi connectivity index (χ0n) is 15.1. The van der Waals surface area contributed by atoms with Crippen molar-refractivity contribution in [2.75, 3.05) is 24.5 Å². The number of halogens is 2. The summed E-state index contributed by atoms with van der Waals surface area (Å²) in [5.41, 5.74) is -0.175. The maximum Gasteiger partial charge on any atom is 0.341 e. The summed E-state index contributed by atoms with van der Waals surface area (Å²) in [6.07, 6.45) is 4.09. The van der Waals surface area contributed by atoms with Crippen LogP contribution in [0.2, 0.25) is 0 Å². The maximum absolute atomic E-state index is 12.7. The van der Waals surface area contributed by atoms with Gasteiger partial charge >= 0.3 is 5.76 Å². The van der Waals surface area contributed by atoms with E-state index in [4.69, 9.17) is 0 Å². The van der Waals surface area contributed by atoms with Crippen molar-refractivity contribution in [1.82, 2.24) is 4.90 Å². The van der Waals surface area contributed by atoms with Gasteiger partial charge in [0.2, 0.25) is 9.84 Å². The fourth-order valence-corrected chi connectivity index (χ4v) is 4.87. The molecule has 7 nitrogen and oxygen atoms in total. The van der Waals surface area contributed by atoms with Crippen molar-refractivity contribution in [2.45, 2.75) is 55.3 Å². The van der Waals surface area contributed by atoms with E-state index in [0.717, 1.165) is 31.5 Å². The number of benzene rings is 1. The summed E-state index contributed by atoms with van der Waals surface area (Å²) in [6.45, 7) is 4.50. The smallest absolute Gasteiger partial charge is 0.341 e. The van der Waals surface area contributed by atoms with Crippen LogP contribution in [0.3, 0.4) is 0 Å². The number of alkyl halides is 2. The Hall–Kier alpha value is -1.81. The average molecular weight is 403 g/mol. The minimum Gasteiger partial charge on any atom is -0.366 e. The minimum atomic E-state index is -4.87. The van der Waals surface area contributed by atoms with Gasteiger partial charge in [-0.05, 0) is 51.3 Å². The average Bonchev–Trinajstić information content (AvgIpc) is 3.07. The van der Waals surface area contributed by atoms with Crippen LogP contribution in [0.5, 0.6) is 0 Å². The quantitative estimate of drug-likeness (QED) is 0.555. The second-order valence-electron chi connectivity index (χ2n) is 7.16. The molecule has 2 heterocycles. The van der Waals surface area contributed by atoms with Gasteiger partial charge in [-0.25, -0.2) is 8.42 Å². The lowest BCUT2D eigenvalue weighted by atomic mass is 10.0. The molecule has 150 valence electrons. The van der Waals surface area contributed by atoms with E-state index in [2.05, 4.69) is 11.8 Å². The summed E-state index contributed by atoms with van der Waals surface area (Å²) in [5, 5.41) is 11.4. The Morgan fingerprint density at radius 2 is 1.85 bits per heavy atom. The molecule has 0 amide bonds. The van der Waals surface area contributed by atoms with E-state index >= 15 is 0 Å². The molecule has 1 atom stereocenters. The Labute approximate surface area is 157 Å². The van der Waals surface area contributed by atoms with Gasteiger partial charge in [0.05, 0.1) is 9.82 Å². The maximum atomic E-state index is 12.7. The molecule has 2 aliphatic rings. The number of nitro benzene ring substituents is 1. The number of piperidine rings is 1. The monoisotopic (exact) mass is 403 g/mol. The van der Waals surface area contributed by atoms with Gasteiger partial charge in [-0.1, -0.05) is 0 Å². The number of nitrogens with zero attached hydrogens (tertiary/aromatic N) is 3. The summed E-state index contributed by atoms with van der Waals surface area (Å²) >= 11 is 0. The minimum absolute atomic E-state index is 0.279. The zero-order valence-corrected chi connectivity index (χ0v) is 15.9. The Morgan fingerprint density at radius 1 is 1.19 bits per heavy atom. The molecule has 1 aromatic rings. The molecule has 0 spiro atoms. The summed E-state index contributed by atoms with van der Waals surface area (Å²) < 4.78 is 48.7. The highest BCUT2D eigenvalue weighted by Gasteiger charge is 2.34. The fraction of sp³-hybridized carbons (Fsp3) is 0.647. The van der Waals surface area contributed by atoms with E-state index in [1.807, 2.05) is 4.90 Å². The zero-order chi connectivity index (χ0) is 19.8. The van der Waals surface area contributed by atoms with Crippen molar-refractivity contribution in [1.29, 1.82) is 0 Å². The number of anilines is 1. The van der Waals surface area contributed by atoms with Crippen LogP contribution in [0.1, 0.15) is 32.6 Å². The Balaban J connectivity index is 1.80. The highest BCUT2D eigenvalue weighted by Crippen LogP contribution is 2.35. The third-order valence-electron chi connectivity index (χ3n) is 5.59. The second-order valence-corrected chi connectivity index (χ2v) is 9.08. The summed E-state index contributed by atoms with van der Waals surface area (Å²) in [7, 11) is -4.87. The Kier molecular flexibility index (Phi) is 5.66. The number of likely N-dealkylation sites (tertiary alicyclic amines) is 1. The van der Waals surface area contributed by atoms with Crippen molar-refractivity contribution in [2.24, 2.45) is 0 Å². The SMILES string of the molecule is CC1CCCN1C1CCN(c2ccc(S(=O)(=O)C(F)F)cc2[N+](=O)[O-])CC1. The largest absolute Gasteiger partial charge is 0.366 e. The second kappa shape index (κ2) is 7.67. The van der Waals surface area contributed by atoms with Crippen molar-refractivity contribution in [3.8, 4) is 0 Å². The van der Waals surface area contributed by atoms with Crippen molar-refractivity contribution in [3.05, 3.63) is 28.3 Å². The van der Waals surface area contributed by atoms with Crippen molar-refractivity contribution < 1.29 is 22.1 Å². The van der Waals surface area contributed by atoms with Gasteiger partial charge in [-0.2, -0.15) is 8.78 Å². The lowest BCUT2D eigenvalue weighted by Gasteiger charge is -2.39. The van der Waals surface area contributed by atoms with Crippen LogP contribution in [0.15, 0.2) is 23.1 Å². The van der Waals surface area contributed by atoms with Crippen LogP contribution in [0.25, 0.3) is 0 Å². The fourth-order valence-electron chi connectivity index (χ4n) is 4.13. The molecule has 10 heteroatoms. The molecule has 27 heavy (non-hydrogen) atoms. The first-order chi connectivity index (χ1) is 12.7. The molecule has 0 aliphatic carbocycles. The van der Waals surface area contributed by atoms with Gasteiger partial charge in [-0.3, -0.25) is 15.0 Å². The molecular formula is C17H23F2N3O4S. The van der Waals surface area contributed by atoms with Crippen LogP contribution in [0, 0.1) is 10.1 Å². The summed E-state index contributed by atoms with van der Waals surface area (Å²) in [6, 6.07) is 4.03. The predicted octanol–water partition coefficient (Wildman–Crippen LogP) is 3.04. The van der Waals surface area contributed by atoms with Crippen molar-refractivity contribution in [3.63, 3.8) is 0 Å². The van der Waals surface area contributed by atoms with Crippen LogP contribution in [-0.4, -0.2) is 55.7 Å². The molecule has 2 saturated heterocycles. The van der Waals surface area contributed by atoms with Gasteiger partial charge in [0.25, 0.3) is 5.69 Å². The molecule has 0 aromatic heterocycles. The number of hydrogen-bond acceptors (Lipinski definition) is 6. The van der Waals surface area contributed by atoms with Gasteiger partial charge in [-0.15, -0.1) is 0 Å². The molecule has 2 aliphatic heterocycles. The molecule has 0 bridgehead atoms. The van der Waals surface area contributed by atoms with Crippen molar-refractivity contribution >= 4 is 21.2 Å². The van der Waals surface area contributed by atoms with Crippen LogP contribution in [0.4, 0.5) is 20.2 Å². The van der Waals surface area contributed by atoms with Gasteiger partial charge < -0.3 is 4.90 Å². The standard InChI is InChI=1S/C17H23F2N3O4S/c1-12-3-2-8-21(12)13-6-9-20(10-7-13)15-5-4-14(11-16(15)22(23)24)27(25,26)17(18)19/h4-5,11-13,17H,2-3,6-10H2,1H3. The number of sulfone groups is 1. The highest BCUT2D eigenvalue weighted by atomic mass is 32.2. The van der Waals surface area contributed by atoms with E-state index < -0.39 is 31.1 Å². The molecule has 3 rings (SSSR count). The third-order valence-corrected chi connectivity index (χ3v) is 6.97. The first kappa shape index (κ1) is 19.9. The van der Waals surface area contributed by atoms with Gasteiger partial charge in [0.1, 0.15) is 5.69 Å². The topological polar surface area (TPSA) is 83.8 Å². The Bertz CT molecular complexity index is 810. The molecule has 0 N–H and O–H groups in total. The van der Waals surface area contributed by atoms with E-state index in [1.165, 1.54) is 18.9 Å². The van der Waals surface area contributed by atoms with E-state index in [1.54, 1.807) is 0 Å². The highest BCUT2D eigenvalue weighted by molar-refractivity contribution is 7.91. The summed E-state index contributed by atoms with van der Waals surface area (Å²) in [4.78, 5) is 14.3.